The maximum atomic E-state index is 11.9. The Balaban J connectivity index is 3.60. The van der Waals surface area contributed by atoms with Gasteiger partial charge in [-0.15, -0.1) is 0 Å². The van der Waals surface area contributed by atoms with Gasteiger partial charge in [0.1, 0.15) is 17.4 Å². The molecule has 98 valence electrons. The van der Waals surface area contributed by atoms with Gasteiger partial charge in [-0.25, -0.2) is 0 Å². The highest BCUT2D eigenvalue weighted by atomic mass is 32.2. The fourth-order valence-electron chi connectivity index (χ4n) is 1.59. The van der Waals surface area contributed by atoms with Gasteiger partial charge in [-0.2, -0.15) is 13.7 Å². The molecule has 0 spiro atoms. The second kappa shape index (κ2) is 4.80. The minimum absolute atomic E-state index is 0.223. The summed E-state index contributed by atoms with van der Waals surface area (Å²) in [5, 5.41) is 18.5. The first kappa shape index (κ1) is 14.2. The second-order valence-electron chi connectivity index (χ2n) is 4.01. The lowest BCUT2D eigenvalue weighted by atomic mass is 10.1. The normalized spacial score (nSPS) is 11.5. The van der Waals surface area contributed by atoms with Gasteiger partial charge in [0.15, 0.2) is 5.88 Å². The van der Waals surface area contributed by atoms with E-state index in [0.29, 0.717) is 0 Å². The molecule has 0 radical (unpaired) electrons. The lowest BCUT2D eigenvalue weighted by Crippen LogP contribution is -2.26. The van der Waals surface area contributed by atoms with E-state index in [1.807, 2.05) is 0 Å². The third-order valence-electron chi connectivity index (χ3n) is 2.27. The highest BCUT2D eigenvalue weighted by Gasteiger charge is 2.19. The van der Waals surface area contributed by atoms with Crippen LogP contribution in [0.15, 0.2) is 10.9 Å². The average Bonchev–Trinajstić information content (AvgIpc) is 2.13. The predicted octanol–water partition coefficient (Wildman–Crippen LogP) is 0.394. The SMILES string of the molecule is CC(C)n1c(O)cc(CS(=O)(=O)O)c(C#N)c1=O. The van der Waals surface area contributed by atoms with E-state index >= 15 is 0 Å². The highest BCUT2D eigenvalue weighted by Crippen LogP contribution is 2.18. The predicted molar refractivity (Wildman–Crippen MR) is 62.7 cm³/mol. The zero-order valence-corrected chi connectivity index (χ0v) is 10.6. The molecule has 0 fully saturated rings. The standard InChI is InChI=1S/C10H12N2O5S/c1-6(2)12-9(13)3-7(5-18(15,16)17)8(4-11)10(12)14/h3,6,13H,5H2,1-2H3,(H,15,16,17). The molecule has 18 heavy (non-hydrogen) atoms. The van der Waals surface area contributed by atoms with Crippen LogP contribution in [-0.2, 0) is 15.9 Å². The van der Waals surface area contributed by atoms with Gasteiger partial charge in [0, 0.05) is 12.1 Å². The number of nitrogens with zero attached hydrogens (tertiary/aromatic N) is 2. The van der Waals surface area contributed by atoms with Crippen molar-refractivity contribution in [3.63, 3.8) is 0 Å². The molecule has 0 atom stereocenters. The molecule has 0 saturated heterocycles. The Morgan fingerprint density at radius 3 is 2.44 bits per heavy atom. The first-order valence-corrected chi connectivity index (χ1v) is 6.61. The van der Waals surface area contributed by atoms with Crippen LogP contribution < -0.4 is 5.56 Å². The Bertz CT molecular complexity index is 667. The quantitative estimate of drug-likeness (QED) is 0.768. The summed E-state index contributed by atoms with van der Waals surface area (Å²) in [4.78, 5) is 11.9. The average molecular weight is 272 g/mol. The van der Waals surface area contributed by atoms with E-state index in [1.54, 1.807) is 19.9 Å². The number of pyridine rings is 1. The molecule has 0 bridgehead atoms. The Morgan fingerprint density at radius 1 is 1.50 bits per heavy atom. The van der Waals surface area contributed by atoms with Crippen LogP contribution in [0.4, 0.5) is 0 Å². The number of hydrogen-bond acceptors (Lipinski definition) is 5. The molecule has 0 aliphatic carbocycles. The van der Waals surface area contributed by atoms with Crippen molar-refractivity contribution in [1.82, 2.24) is 4.57 Å². The Kier molecular flexibility index (Phi) is 3.79. The maximum Gasteiger partial charge on any atom is 0.271 e. The maximum absolute atomic E-state index is 11.9. The fourth-order valence-corrected chi connectivity index (χ4v) is 2.21. The lowest BCUT2D eigenvalue weighted by Gasteiger charge is -2.14. The molecule has 8 heteroatoms. The smallest absolute Gasteiger partial charge is 0.271 e. The van der Waals surface area contributed by atoms with Gasteiger partial charge < -0.3 is 5.11 Å². The molecule has 0 unspecified atom stereocenters. The summed E-state index contributed by atoms with van der Waals surface area (Å²) in [6.45, 7) is 3.26. The molecule has 1 aromatic rings. The third kappa shape index (κ3) is 2.88. The minimum Gasteiger partial charge on any atom is -0.494 e. The van der Waals surface area contributed by atoms with Crippen LogP contribution in [0.2, 0.25) is 0 Å². The van der Waals surface area contributed by atoms with Crippen molar-refractivity contribution in [2.24, 2.45) is 0 Å². The summed E-state index contributed by atoms with van der Waals surface area (Å²) < 4.78 is 31.2. The molecule has 2 N–H and O–H groups in total. The van der Waals surface area contributed by atoms with Crippen LogP contribution in [0.3, 0.4) is 0 Å². The highest BCUT2D eigenvalue weighted by molar-refractivity contribution is 7.85. The van der Waals surface area contributed by atoms with Crippen LogP contribution in [0.25, 0.3) is 0 Å². The van der Waals surface area contributed by atoms with E-state index in [-0.39, 0.29) is 11.6 Å². The molecule has 7 nitrogen and oxygen atoms in total. The molecular formula is C10H12N2O5S. The molecular weight excluding hydrogens is 260 g/mol. The van der Waals surface area contributed by atoms with Crippen LogP contribution in [0.5, 0.6) is 5.88 Å². The van der Waals surface area contributed by atoms with E-state index in [4.69, 9.17) is 9.81 Å². The number of nitriles is 1. The van der Waals surface area contributed by atoms with Crippen molar-refractivity contribution in [3.8, 4) is 11.9 Å². The van der Waals surface area contributed by atoms with Gasteiger partial charge in [0.25, 0.3) is 15.7 Å². The summed E-state index contributed by atoms with van der Waals surface area (Å²) in [6.07, 6.45) is 0. The van der Waals surface area contributed by atoms with Crippen molar-refractivity contribution in [3.05, 3.63) is 27.5 Å². The van der Waals surface area contributed by atoms with Gasteiger partial charge in [-0.05, 0) is 19.4 Å². The molecule has 0 aliphatic heterocycles. The summed E-state index contributed by atoms with van der Waals surface area (Å²) in [5.41, 5.74) is -1.41. The zero-order chi connectivity index (χ0) is 14.1. The first-order valence-electron chi connectivity index (χ1n) is 5.00. The van der Waals surface area contributed by atoms with E-state index in [2.05, 4.69) is 0 Å². The fraction of sp³-hybridized carbons (Fsp3) is 0.400. The van der Waals surface area contributed by atoms with Gasteiger partial charge in [0.05, 0.1) is 0 Å². The summed E-state index contributed by atoms with van der Waals surface area (Å²) in [7, 11) is -4.39. The van der Waals surface area contributed by atoms with Crippen molar-refractivity contribution < 1.29 is 18.1 Å². The third-order valence-corrected chi connectivity index (χ3v) is 2.95. The first-order chi connectivity index (χ1) is 8.17. The topological polar surface area (TPSA) is 120 Å². The van der Waals surface area contributed by atoms with Gasteiger partial charge in [-0.1, -0.05) is 0 Å². The molecule has 0 amide bonds. The second-order valence-corrected chi connectivity index (χ2v) is 5.46. The van der Waals surface area contributed by atoms with E-state index in [0.717, 1.165) is 10.6 Å². The van der Waals surface area contributed by atoms with Crippen LogP contribution in [0, 0.1) is 11.3 Å². The minimum atomic E-state index is -4.39. The molecule has 0 aromatic carbocycles. The van der Waals surface area contributed by atoms with Crippen LogP contribution in [0.1, 0.15) is 31.0 Å². The molecule has 0 aliphatic rings. The molecule has 1 aromatic heterocycles. The lowest BCUT2D eigenvalue weighted by molar-refractivity contribution is 0.387. The Hall–Kier alpha value is -1.85. The van der Waals surface area contributed by atoms with Gasteiger partial charge in [0.2, 0.25) is 0 Å². The summed E-state index contributed by atoms with van der Waals surface area (Å²) >= 11 is 0. The van der Waals surface area contributed by atoms with Crippen LogP contribution in [-0.4, -0.2) is 22.6 Å². The van der Waals surface area contributed by atoms with E-state index in [9.17, 15) is 18.3 Å². The number of hydrogen-bond donors (Lipinski definition) is 2. The van der Waals surface area contributed by atoms with Crippen molar-refractivity contribution in [2.75, 3.05) is 0 Å². The van der Waals surface area contributed by atoms with E-state index in [1.165, 1.54) is 0 Å². The van der Waals surface area contributed by atoms with Gasteiger partial charge in [-0.3, -0.25) is 13.9 Å². The van der Waals surface area contributed by atoms with Crippen molar-refractivity contribution in [1.29, 1.82) is 5.26 Å². The number of aromatic nitrogens is 1. The van der Waals surface area contributed by atoms with Crippen LogP contribution >= 0.6 is 0 Å². The number of rotatable bonds is 3. The zero-order valence-electron chi connectivity index (χ0n) is 9.78. The summed E-state index contributed by atoms with van der Waals surface area (Å²) in [6, 6.07) is 2.20. The number of aromatic hydroxyl groups is 1. The Labute approximate surface area is 104 Å². The Morgan fingerprint density at radius 2 is 2.06 bits per heavy atom. The summed E-state index contributed by atoms with van der Waals surface area (Å²) in [5.74, 6) is -1.34. The monoisotopic (exact) mass is 272 g/mol. The van der Waals surface area contributed by atoms with Gasteiger partial charge >= 0.3 is 0 Å². The molecule has 0 saturated carbocycles. The molecule has 1 rings (SSSR count). The largest absolute Gasteiger partial charge is 0.494 e. The molecule has 1 heterocycles. The van der Waals surface area contributed by atoms with Crippen molar-refractivity contribution in [2.45, 2.75) is 25.6 Å². The van der Waals surface area contributed by atoms with Crippen molar-refractivity contribution >= 4 is 10.1 Å². The van der Waals surface area contributed by atoms with E-state index < -0.39 is 32.9 Å².